The lowest BCUT2D eigenvalue weighted by molar-refractivity contribution is 0.103. The summed E-state index contributed by atoms with van der Waals surface area (Å²) in [5, 5.41) is 2.98. The van der Waals surface area contributed by atoms with Crippen LogP contribution in [0, 0.1) is 0 Å². The summed E-state index contributed by atoms with van der Waals surface area (Å²) in [7, 11) is 0. The van der Waals surface area contributed by atoms with E-state index in [-0.39, 0.29) is 0 Å². The molecule has 0 rings (SSSR count). The van der Waals surface area contributed by atoms with Crippen LogP contribution in [-0.4, -0.2) is 13.1 Å². The van der Waals surface area contributed by atoms with Crippen molar-refractivity contribution in [3.63, 3.8) is 0 Å². The van der Waals surface area contributed by atoms with Crippen LogP contribution < -0.4 is 5.32 Å². The maximum atomic E-state index is 11.2. The van der Waals surface area contributed by atoms with Crippen molar-refractivity contribution in [1.82, 2.24) is 5.32 Å². The fraction of sp³-hybridized carbons (Fsp3) is 1.00. The SMILES string of the molecule is CCCC[N]C(F)F. The van der Waals surface area contributed by atoms with E-state index < -0.39 is 6.55 Å². The molecular weight excluding hydrogens is 112 g/mol. The van der Waals surface area contributed by atoms with Crippen LogP contribution in [0.2, 0.25) is 0 Å². The Labute approximate surface area is 48.1 Å². The molecule has 0 bridgehead atoms. The Balaban J connectivity index is 2.72. The minimum Gasteiger partial charge on any atom is -0.190 e. The Morgan fingerprint density at radius 2 is 2.12 bits per heavy atom. The second-order valence-corrected chi connectivity index (χ2v) is 1.54. The Morgan fingerprint density at radius 1 is 1.50 bits per heavy atom. The summed E-state index contributed by atoms with van der Waals surface area (Å²) in [4.78, 5) is 0. The van der Waals surface area contributed by atoms with Gasteiger partial charge in [0.15, 0.2) is 0 Å². The van der Waals surface area contributed by atoms with E-state index in [9.17, 15) is 8.78 Å². The second kappa shape index (κ2) is 4.97. The molecule has 8 heavy (non-hydrogen) atoms. The number of hydrogen-bond donors (Lipinski definition) is 0. The Morgan fingerprint density at radius 3 is 2.50 bits per heavy atom. The molecule has 0 aliphatic rings. The highest BCUT2D eigenvalue weighted by molar-refractivity contribution is 4.39. The van der Waals surface area contributed by atoms with E-state index in [4.69, 9.17) is 0 Å². The monoisotopic (exact) mass is 122 g/mol. The molecule has 0 fully saturated rings. The summed E-state index contributed by atoms with van der Waals surface area (Å²) in [6.45, 7) is -0.226. The van der Waals surface area contributed by atoms with Gasteiger partial charge in [-0.1, -0.05) is 13.3 Å². The fourth-order valence-electron chi connectivity index (χ4n) is 0.347. The van der Waals surface area contributed by atoms with Gasteiger partial charge in [-0.2, -0.15) is 14.1 Å². The average molecular weight is 122 g/mol. The highest BCUT2D eigenvalue weighted by atomic mass is 19.3. The predicted molar refractivity (Wildman–Crippen MR) is 27.9 cm³/mol. The molecule has 3 heteroatoms. The van der Waals surface area contributed by atoms with E-state index in [1.807, 2.05) is 6.92 Å². The maximum Gasteiger partial charge on any atom is 0.307 e. The molecule has 0 aromatic rings. The van der Waals surface area contributed by atoms with Crippen molar-refractivity contribution in [3.8, 4) is 0 Å². The third-order valence-corrected chi connectivity index (χ3v) is 0.779. The molecule has 1 nitrogen and oxygen atoms in total. The van der Waals surface area contributed by atoms with Gasteiger partial charge in [0.25, 0.3) is 0 Å². The van der Waals surface area contributed by atoms with E-state index in [0.29, 0.717) is 6.54 Å². The lowest BCUT2D eigenvalue weighted by atomic mass is 10.3. The summed E-state index contributed by atoms with van der Waals surface area (Å²) < 4.78 is 22.4. The molecule has 0 unspecified atom stereocenters. The fourth-order valence-corrected chi connectivity index (χ4v) is 0.347. The van der Waals surface area contributed by atoms with Gasteiger partial charge in [0, 0.05) is 6.54 Å². The van der Waals surface area contributed by atoms with Crippen LogP contribution in [0.5, 0.6) is 0 Å². The molecule has 0 aliphatic heterocycles. The van der Waals surface area contributed by atoms with Crippen LogP contribution in [0.25, 0.3) is 0 Å². The molecular formula is C5H10F2N. The van der Waals surface area contributed by atoms with Gasteiger partial charge >= 0.3 is 6.55 Å². The van der Waals surface area contributed by atoms with Gasteiger partial charge in [-0.3, -0.25) is 0 Å². The summed E-state index contributed by atoms with van der Waals surface area (Å²) in [5.74, 6) is 0. The van der Waals surface area contributed by atoms with Gasteiger partial charge in [-0.15, -0.1) is 0 Å². The number of halogens is 2. The van der Waals surface area contributed by atoms with Crippen LogP contribution in [0.3, 0.4) is 0 Å². The zero-order valence-electron chi connectivity index (χ0n) is 4.90. The topological polar surface area (TPSA) is 14.1 Å². The number of rotatable bonds is 4. The van der Waals surface area contributed by atoms with E-state index in [1.165, 1.54) is 0 Å². The predicted octanol–water partition coefficient (Wildman–Crippen LogP) is 1.61. The highest BCUT2D eigenvalue weighted by Gasteiger charge is 1.98. The minimum absolute atomic E-state index is 0.300. The summed E-state index contributed by atoms with van der Waals surface area (Å²) in [6, 6.07) is 0. The zero-order valence-corrected chi connectivity index (χ0v) is 4.90. The third-order valence-electron chi connectivity index (χ3n) is 0.779. The third kappa shape index (κ3) is 5.82. The van der Waals surface area contributed by atoms with Crippen LogP contribution in [0.15, 0.2) is 0 Å². The molecule has 49 valence electrons. The van der Waals surface area contributed by atoms with Crippen LogP contribution in [0.4, 0.5) is 8.78 Å². The van der Waals surface area contributed by atoms with Crippen molar-refractivity contribution in [1.29, 1.82) is 0 Å². The number of nitrogens with zero attached hydrogens (tertiary/aromatic N) is 1. The molecule has 0 spiro atoms. The first kappa shape index (κ1) is 7.82. The molecule has 0 atom stereocenters. The Bertz CT molecular complexity index is 47.7. The normalized spacial score (nSPS) is 10.5. The van der Waals surface area contributed by atoms with E-state index in [2.05, 4.69) is 5.32 Å². The highest BCUT2D eigenvalue weighted by Crippen LogP contribution is 1.90. The quantitative estimate of drug-likeness (QED) is 0.397. The summed E-state index contributed by atoms with van der Waals surface area (Å²) in [6.07, 6.45) is 1.69. The summed E-state index contributed by atoms with van der Waals surface area (Å²) >= 11 is 0. The van der Waals surface area contributed by atoms with Crippen LogP contribution >= 0.6 is 0 Å². The van der Waals surface area contributed by atoms with Gasteiger partial charge in [0.05, 0.1) is 0 Å². The lowest BCUT2D eigenvalue weighted by Gasteiger charge is -1.95. The summed E-state index contributed by atoms with van der Waals surface area (Å²) in [5.41, 5.74) is 0. The van der Waals surface area contributed by atoms with Crippen LogP contribution in [-0.2, 0) is 0 Å². The molecule has 0 heterocycles. The molecule has 0 saturated carbocycles. The van der Waals surface area contributed by atoms with Crippen molar-refractivity contribution in [2.75, 3.05) is 6.54 Å². The molecule has 0 amide bonds. The Kier molecular flexibility index (Phi) is 4.85. The second-order valence-electron chi connectivity index (χ2n) is 1.54. The van der Waals surface area contributed by atoms with Crippen molar-refractivity contribution in [2.24, 2.45) is 0 Å². The smallest absolute Gasteiger partial charge is 0.190 e. The van der Waals surface area contributed by atoms with E-state index >= 15 is 0 Å². The van der Waals surface area contributed by atoms with Crippen molar-refractivity contribution in [2.45, 2.75) is 26.3 Å². The van der Waals surface area contributed by atoms with E-state index in [1.54, 1.807) is 0 Å². The molecule has 0 N–H and O–H groups in total. The molecule has 0 saturated heterocycles. The first-order valence-corrected chi connectivity index (χ1v) is 2.72. The number of alkyl halides is 2. The molecule has 0 aromatic carbocycles. The Hall–Kier alpha value is -0.180. The number of unbranched alkanes of at least 4 members (excludes halogenated alkanes) is 1. The minimum atomic E-state index is -2.47. The average Bonchev–Trinajstić information content (AvgIpc) is 1.66. The van der Waals surface area contributed by atoms with Gasteiger partial charge < -0.3 is 0 Å². The van der Waals surface area contributed by atoms with Gasteiger partial charge in [-0.05, 0) is 6.42 Å². The first-order chi connectivity index (χ1) is 3.77. The largest absolute Gasteiger partial charge is 0.307 e. The first-order valence-electron chi connectivity index (χ1n) is 2.72. The molecule has 0 aliphatic carbocycles. The van der Waals surface area contributed by atoms with Crippen LogP contribution in [0.1, 0.15) is 19.8 Å². The van der Waals surface area contributed by atoms with Crippen molar-refractivity contribution < 1.29 is 8.78 Å². The van der Waals surface area contributed by atoms with Gasteiger partial charge in [0.2, 0.25) is 0 Å². The van der Waals surface area contributed by atoms with Gasteiger partial charge in [-0.25, -0.2) is 0 Å². The van der Waals surface area contributed by atoms with E-state index in [0.717, 1.165) is 12.8 Å². The standard InChI is InChI=1S/C5H10F2N/c1-2-3-4-8-5(6)7/h5H,2-4H2,1H3. The van der Waals surface area contributed by atoms with Gasteiger partial charge in [0.1, 0.15) is 0 Å². The molecule has 1 radical (unpaired) electrons. The maximum absolute atomic E-state index is 11.2. The lowest BCUT2D eigenvalue weighted by Crippen LogP contribution is -2.12. The number of hydrogen-bond acceptors (Lipinski definition) is 0. The zero-order chi connectivity index (χ0) is 6.41. The van der Waals surface area contributed by atoms with Crippen molar-refractivity contribution >= 4 is 0 Å². The molecule has 0 aromatic heterocycles. The van der Waals surface area contributed by atoms with Crippen molar-refractivity contribution in [3.05, 3.63) is 0 Å².